The van der Waals surface area contributed by atoms with Crippen molar-refractivity contribution < 1.29 is 0 Å². The molecule has 2 aliphatic rings. The molecule has 4 heteroatoms. The first kappa shape index (κ1) is 14.8. The molecule has 1 saturated heterocycles. The third kappa shape index (κ3) is 3.54. The smallest absolute Gasteiger partial charge is 0.225 e. The molecule has 2 unspecified atom stereocenters. The van der Waals surface area contributed by atoms with Crippen molar-refractivity contribution >= 4 is 5.95 Å². The van der Waals surface area contributed by atoms with Gasteiger partial charge in [-0.1, -0.05) is 20.8 Å². The summed E-state index contributed by atoms with van der Waals surface area (Å²) in [5.74, 6) is 1.68. The van der Waals surface area contributed by atoms with E-state index in [4.69, 9.17) is 0 Å². The summed E-state index contributed by atoms with van der Waals surface area (Å²) in [5, 5.41) is 3.93. The first-order chi connectivity index (χ1) is 10.0. The van der Waals surface area contributed by atoms with Crippen LogP contribution in [0, 0.1) is 11.3 Å². The van der Waals surface area contributed by atoms with E-state index in [2.05, 4.69) is 41.0 Å². The molecule has 0 radical (unpaired) electrons. The van der Waals surface area contributed by atoms with E-state index in [1.165, 1.54) is 25.7 Å². The molecule has 3 rings (SSSR count). The van der Waals surface area contributed by atoms with Gasteiger partial charge in [-0.3, -0.25) is 0 Å². The SMILES string of the molecule is CC1CC(C)(C)CC1NC1CCN(c2ncccn2)CC1. The summed E-state index contributed by atoms with van der Waals surface area (Å²) in [5.41, 5.74) is 0.510. The molecule has 21 heavy (non-hydrogen) atoms. The van der Waals surface area contributed by atoms with Crippen LogP contribution in [0.15, 0.2) is 18.5 Å². The number of piperidine rings is 1. The van der Waals surface area contributed by atoms with Crippen LogP contribution in [-0.2, 0) is 0 Å². The maximum absolute atomic E-state index is 4.36. The maximum Gasteiger partial charge on any atom is 0.225 e. The first-order valence-electron chi connectivity index (χ1n) is 8.31. The maximum atomic E-state index is 4.36. The monoisotopic (exact) mass is 288 g/mol. The van der Waals surface area contributed by atoms with Crippen LogP contribution < -0.4 is 10.2 Å². The second kappa shape index (κ2) is 5.91. The summed E-state index contributed by atoms with van der Waals surface area (Å²) in [4.78, 5) is 11.0. The molecule has 2 heterocycles. The van der Waals surface area contributed by atoms with Crippen LogP contribution >= 0.6 is 0 Å². The van der Waals surface area contributed by atoms with Crippen molar-refractivity contribution in [3.05, 3.63) is 18.5 Å². The van der Waals surface area contributed by atoms with E-state index >= 15 is 0 Å². The summed E-state index contributed by atoms with van der Waals surface area (Å²) < 4.78 is 0. The van der Waals surface area contributed by atoms with Gasteiger partial charge in [-0.2, -0.15) is 0 Å². The summed E-state index contributed by atoms with van der Waals surface area (Å²) in [6.45, 7) is 9.33. The Kier molecular flexibility index (Phi) is 4.16. The van der Waals surface area contributed by atoms with Crippen LogP contribution in [0.2, 0.25) is 0 Å². The Morgan fingerprint density at radius 1 is 1.14 bits per heavy atom. The number of rotatable bonds is 3. The minimum absolute atomic E-state index is 0.510. The Balaban J connectivity index is 1.50. The molecule has 1 aromatic heterocycles. The lowest BCUT2D eigenvalue weighted by atomic mass is 9.91. The molecule has 2 atom stereocenters. The van der Waals surface area contributed by atoms with Gasteiger partial charge in [0, 0.05) is 37.6 Å². The highest BCUT2D eigenvalue weighted by molar-refractivity contribution is 5.29. The molecule has 0 amide bonds. The van der Waals surface area contributed by atoms with E-state index in [1.54, 1.807) is 0 Å². The van der Waals surface area contributed by atoms with Gasteiger partial charge in [0.2, 0.25) is 5.95 Å². The van der Waals surface area contributed by atoms with Gasteiger partial charge in [-0.25, -0.2) is 9.97 Å². The number of hydrogen-bond donors (Lipinski definition) is 1. The number of hydrogen-bond acceptors (Lipinski definition) is 4. The lowest BCUT2D eigenvalue weighted by Gasteiger charge is -2.34. The highest BCUT2D eigenvalue weighted by atomic mass is 15.3. The molecule has 1 saturated carbocycles. The third-order valence-corrected chi connectivity index (χ3v) is 5.11. The van der Waals surface area contributed by atoms with Gasteiger partial charge in [0.25, 0.3) is 0 Å². The second-order valence-electron chi connectivity index (χ2n) is 7.63. The lowest BCUT2D eigenvalue weighted by molar-refractivity contribution is 0.321. The van der Waals surface area contributed by atoms with Gasteiger partial charge in [-0.05, 0) is 43.1 Å². The Bertz CT molecular complexity index is 451. The summed E-state index contributed by atoms with van der Waals surface area (Å²) in [6, 6.07) is 3.23. The molecular weight excluding hydrogens is 260 g/mol. The normalized spacial score (nSPS) is 29.8. The van der Waals surface area contributed by atoms with E-state index in [1.807, 2.05) is 18.5 Å². The van der Waals surface area contributed by atoms with Crippen molar-refractivity contribution in [3.8, 4) is 0 Å². The lowest BCUT2D eigenvalue weighted by Crippen LogP contribution is -2.47. The van der Waals surface area contributed by atoms with Crippen LogP contribution in [0.1, 0.15) is 46.5 Å². The van der Waals surface area contributed by atoms with E-state index in [0.29, 0.717) is 17.5 Å². The second-order valence-corrected chi connectivity index (χ2v) is 7.63. The van der Waals surface area contributed by atoms with Crippen molar-refractivity contribution in [2.24, 2.45) is 11.3 Å². The Morgan fingerprint density at radius 3 is 2.38 bits per heavy atom. The highest BCUT2D eigenvalue weighted by Gasteiger charge is 2.37. The van der Waals surface area contributed by atoms with Crippen molar-refractivity contribution in [2.75, 3.05) is 18.0 Å². The van der Waals surface area contributed by atoms with Crippen LogP contribution in [-0.4, -0.2) is 35.1 Å². The molecular formula is C17H28N4. The largest absolute Gasteiger partial charge is 0.341 e. The Morgan fingerprint density at radius 2 is 1.81 bits per heavy atom. The molecule has 2 fully saturated rings. The van der Waals surface area contributed by atoms with Crippen molar-refractivity contribution in [2.45, 2.75) is 58.5 Å². The standard InChI is InChI=1S/C17H28N4/c1-13-11-17(2,3)12-15(13)20-14-5-9-21(10-6-14)16-18-7-4-8-19-16/h4,7-8,13-15,20H,5-6,9-12H2,1-3H3. The van der Waals surface area contributed by atoms with Crippen LogP contribution in [0.4, 0.5) is 5.95 Å². The van der Waals surface area contributed by atoms with Crippen LogP contribution in [0.25, 0.3) is 0 Å². The average molecular weight is 288 g/mol. The van der Waals surface area contributed by atoms with E-state index < -0.39 is 0 Å². The molecule has 4 nitrogen and oxygen atoms in total. The number of anilines is 1. The topological polar surface area (TPSA) is 41.0 Å². The zero-order valence-electron chi connectivity index (χ0n) is 13.5. The minimum atomic E-state index is 0.510. The number of nitrogens with one attached hydrogen (secondary N) is 1. The predicted octanol–water partition coefficient (Wildman–Crippen LogP) is 2.86. The van der Waals surface area contributed by atoms with E-state index in [9.17, 15) is 0 Å². The number of nitrogens with zero attached hydrogens (tertiary/aromatic N) is 3. The van der Waals surface area contributed by atoms with Gasteiger partial charge in [0.05, 0.1) is 0 Å². The third-order valence-electron chi connectivity index (χ3n) is 5.11. The molecule has 0 bridgehead atoms. The van der Waals surface area contributed by atoms with Crippen LogP contribution in [0.3, 0.4) is 0 Å². The summed E-state index contributed by atoms with van der Waals surface area (Å²) in [7, 11) is 0. The van der Waals surface area contributed by atoms with E-state index in [0.717, 1.165) is 25.0 Å². The molecule has 1 N–H and O–H groups in total. The molecule has 1 aliphatic carbocycles. The molecule has 116 valence electrons. The van der Waals surface area contributed by atoms with Gasteiger partial charge < -0.3 is 10.2 Å². The zero-order valence-corrected chi connectivity index (χ0v) is 13.5. The Labute approximate surface area is 128 Å². The molecule has 1 aromatic rings. The Hall–Kier alpha value is -1.16. The average Bonchev–Trinajstić information content (AvgIpc) is 2.73. The van der Waals surface area contributed by atoms with Gasteiger partial charge >= 0.3 is 0 Å². The predicted molar refractivity (Wildman–Crippen MR) is 86.4 cm³/mol. The van der Waals surface area contributed by atoms with Crippen LogP contribution in [0.5, 0.6) is 0 Å². The molecule has 0 spiro atoms. The minimum Gasteiger partial charge on any atom is -0.341 e. The van der Waals surface area contributed by atoms with Crippen molar-refractivity contribution in [1.82, 2.24) is 15.3 Å². The fraction of sp³-hybridized carbons (Fsp3) is 0.765. The van der Waals surface area contributed by atoms with Gasteiger partial charge in [0.1, 0.15) is 0 Å². The van der Waals surface area contributed by atoms with Crippen molar-refractivity contribution in [1.29, 1.82) is 0 Å². The van der Waals surface area contributed by atoms with Crippen molar-refractivity contribution in [3.63, 3.8) is 0 Å². The highest BCUT2D eigenvalue weighted by Crippen LogP contribution is 2.41. The number of aromatic nitrogens is 2. The summed E-state index contributed by atoms with van der Waals surface area (Å²) in [6.07, 6.45) is 8.71. The molecule has 1 aliphatic heterocycles. The molecule has 0 aromatic carbocycles. The zero-order chi connectivity index (χ0) is 14.9. The van der Waals surface area contributed by atoms with E-state index in [-0.39, 0.29) is 0 Å². The fourth-order valence-electron chi connectivity index (χ4n) is 4.12. The fourth-order valence-corrected chi connectivity index (χ4v) is 4.12. The summed E-state index contributed by atoms with van der Waals surface area (Å²) >= 11 is 0. The van der Waals surface area contributed by atoms with Gasteiger partial charge in [-0.15, -0.1) is 0 Å². The van der Waals surface area contributed by atoms with Gasteiger partial charge in [0.15, 0.2) is 0 Å². The first-order valence-corrected chi connectivity index (χ1v) is 8.31. The quantitative estimate of drug-likeness (QED) is 0.928.